The van der Waals surface area contributed by atoms with Crippen LogP contribution in [0.5, 0.6) is 0 Å². The van der Waals surface area contributed by atoms with Crippen molar-refractivity contribution in [2.45, 2.75) is 7.43 Å². The molecule has 0 aromatic heterocycles. The van der Waals surface area contributed by atoms with Crippen molar-refractivity contribution in [3.8, 4) is 0 Å². The van der Waals surface area contributed by atoms with Gasteiger partial charge < -0.3 is 0 Å². The van der Waals surface area contributed by atoms with Gasteiger partial charge in [0, 0.05) is 34.4 Å². The largest absolute Gasteiger partial charge is 0.0149 e. The standard InChI is InChI=1S/CH4.Ba.Cr.Fe.H4Si.2H/h1H4;;;;1H4;;. The second kappa shape index (κ2) is 28.9. The summed E-state index contributed by atoms with van der Waals surface area (Å²) >= 11 is 0. The van der Waals surface area contributed by atoms with Crippen molar-refractivity contribution in [2.75, 3.05) is 0 Å². The smallest absolute Gasteiger partial charge is 0 e. The maximum absolute atomic E-state index is 0. The summed E-state index contributed by atoms with van der Waals surface area (Å²) in [4.78, 5) is 0. The monoisotopic (exact) mass is 296 g/mol. The van der Waals surface area contributed by atoms with Crippen LogP contribution in [0.15, 0.2) is 0 Å². The molecular formula is CH10BaCrFeSi. The molecule has 5 heavy (non-hydrogen) atoms. The Bertz CT molecular complexity index is 11.6. The average Bonchev–Trinajstić information content (AvgIpc) is 0. The van der Waals surface area contributed by atoms with Crippen molar-refractivity contribution in [3.05, 3.63) is 0 Å². The van der Waals surface area contributed by atoms with Crippen molar-refractivity contribution < 1.29 is 34.4 Å². The normalized spacial score (nSPS) is 0. The Morgan fingerprint density at radius 3 is 1.00 bits per heavy atom. The molecule has 34 valence electrons. The van der Waals surface area contributed by atoms with Gasteiger partial charge in [-0.15, -0.1) is 0 Å². The van der Waals surface area contributed by atoms with Crippen LogP contribution in [-0.4, -0.2) is 59.8 Å². The molecule has 0 atom stereocenters. The van der Waals surface area contributed by atoms with Gasteiger partial charge in [0.15, 0.2) is 0 Å². The topological polar surface area (TPSA) is 0 Å². The van der Waals surface area contributed by atoms with Crippen LogP contribution < -0.4 is 0 Å². The number of rotatable bonds is 0. The van der Waals surface area contributed by atoms with E-state index in [9.17, 15) is 0 Å². The van der Waals surface area contributed by atoms with Crippen LogP contribution in [0.3, 0.4) is 0 Å². The molecule has 0 aromatic rings. The Morgan fingerprint density at radius 1 is 1.00 bits per heavy atom. The molecular weight excluding hydrogens is 285 g/mol. The summed E-state index contributed by atoms with van der Waals surface area (Å²) in [5.41, 5.74) is 0. The van der Waals surface area contributed by atoms with Gasteiger partial charge in [0.05, 0.1) is 0 Å². The van der Waals surface area contributed by atoms with Gasteiger partial charge in [-0.2, -0.15) is 0 Å². The quantitative estimate of drug-likeness (QED) is 0.466. The minimum atomic E-state index is 0. The maximum Gasteiger partial charge on any atom is 0 e. The van der Waals surface area contributed by atoms with Crippen molar-refractivity contribution in [3.63, 3.8) is 0 Å². The van der Waals surface area contributed by atoms with Crippen LogP contribution >= 0.6 is 0 Å². The van der Waals surface area contributed by atoms with E-state index in [0.29, 0.717) is 0 Å². The molecule has 0 aromatic carbocycles. The molecule has 0 unspecified atom stereocenters. The molecule has 0 aliphatic carbocycles. The maximum atomic E-state index is 0. The minimum Gasteiger partial charge on any atom is -0.0149 e. The zero-order valence-electron chi connectivity index (χ0n) is 0.762. The van der Waals surface area contributed by atoms with Gasteiger partial charge in [-0.1, -0.05) is 7.43 Å². The third-order valence-electron chi connectivity index (χ3n) is 0. The first-order valence-electron chi connectivity index (χ1n) is 0. The van der Waals surface area contributed by atoms with E-state index in [1.54, 1.807) is 0 Å². The SMILES string of the molecule is C.[BaH2].[Cr].[Fe].[SiH4]. The van der Waals surface area contributed by atoms with Gasteiger partial charge in [0.2, 0.25) is 0 Å². The van der Waals surface area contributed by atoms with E-state index in [2.05, 4.69) is 0 Å². The Hall–Kier alpha value is 2.84. The van der Waals surface area contributed by atoms with Gasteiger partial charge in [-0.05, 0) is 11.0 Å². The molecule has 0 heterocycles. The summed E-state index contributed by atoms with van der Waals surface area (Å²) in [5.74, 6) is 0. The van der Waals surface area contributed by atoms with Crippen molar-refractivity contribution >= 4 is 59.8 Å². The fourth-order valence-electron chi connectivity index (χ4n) is 0. The fraction of sp³-hybridized carbons (Fsp3) is 1.00. The molecule has 0 fully saturated rings. The molecule has 0 bridgehead atoms. The molecule has 0 N–H and O–H groups in total. The number of hydrogen-bond acceptors (Lipinski definition) is 0. The van der Waals surface area contributed by atoms with Crippen LogP contribution in [-0.2, 0) is 34.4 Å². The Morgan fingerprint density at radius 2 is 1.00 bits per heavy atom. The summed E-state index contributed by atoms with van der Waals surface area (Å²) in [6.45, 7) is 0. The Labute approximate surface area is 99.6 Å². The molecule has 0 aliphatic heterocycles. The molecule has 4 heteroatoms. The molecule has 0 amide bonds. The fourth-order valence-corrected chi connectivity index (χ4v) is 0. The Balaban J connectivity index is 0. The summed E-state index contributed by atoms with van der Waals surface area (Å²) in [6, 6.07) is 0. The zero-order chi connectivity index (χ0) is 0. The molecule has 0 saturated heterocycles. The van der Waals surface area contributed by atoms with Crippen LogP contribution in [0.1, 0.15) is 7.43 Å². The second-order valence-corrected chi connectivity index (χ2v) is 0. The van der Waals surface area contributed by atoms with E-state index in [0.717, 1.165) is 0 Å². The molecule has 0 aliphatic rings. The average molecular weight is 295 g/mol. The molecule has 0 spiro atoms. The summed E-state index contributed by atoms with van der Waals surface area (Å²) in [5, 5.41) is 0. The Kier molecular flexibility index (Phi) is 263. The van der Waals surface area contributed by atoms with E-state index >= 15 is 0 Å². The van der Waals surface area contributed by atoms with E-state index in [-0.39, 0.29) is 102 Å². The van der Waals surface area contributed by atoms with Gasteiger partial charge in [-0.3, -0.25) is 0 Å². The van der Waals surface area contributed by atoms with Crippen molar-refractivity contribution in [1.82, 2.24) is 0 Å². The van der Waals surface area contributed by atoms with Gasteiger partial charge in [0.25, 0.3) is 0 Å². The first-order valence-corrected chi connectivity index (χ1v) is 0. The van der Waals surface area contributed by atoms with Crippen LogP contribution in [0.2, 0.25) is 0 Å². The van der Waals surface area contributed by atoms with Gasteiger partial charge in [0.1, 0.15) is 0 Å². The molecule has 0 rings (SSSR count). The minimum absolute atomic E-state index is 0. The molecule has 0 saturated carbocycles. The zero-order valence-corrected chi connectivity index (χ0v) is 3.14. The van der Waals surface area contributed by atoms with Gasteiger partial charge in [-0.25, -0.2) is 0 Å². The van der Waals surface area contributed by atoms with E-state index in [4.69, 9.17) is 0 Å². The van der Waals surface area contributed by atoms with E-state index in [1.807, 2.05) is 0 Å². The van der Waals surface area contributed by atoms with Gasteiger partial charge >= 0.3 is 48.9 Å². The predicted molar refractivity (Wildman–Crippen MR) is 26.6 cm³/mol. The predicted octanol–water partition coefficient (Wildman–Crippen LogP) is -1.74. The van der Waals surface area contributed by atoms with Crippen molar-refractivity contribution in [2.24, 2.45) is 0 Å². The summed E-state index contributed by atoms with van der Waals surface area (Å²) < 4.78 is 0. The van der Waals surface area contributed by atoms with Crippen LogP contribution in [0.25, 0.3) is 0 Å². The van der Waals surface area contributed by atoms with E-state index in [1.165, 1.54) is 0 Å². The van der Waals surface area contributed by atoms with E-state index < -0.39 is 0 Å². The van der Waals surface area contributed by atoms with Crippen molar-refractivity contribution in [1.29, 1.82) is 0 Å². The first-order chi connectivity index (χ1) is 0. The second-order valence-electron chi connectivity index (χ2n) is 0. The molecule has 0 radical (unpaired) electrons. The first kappa shape index (κ1) is 45.5. The van der Waals surface area contributed by atoms with Crippen LogP contribution in [0, 0.1) is 0 Å². The molecule has 0 nitrogen and oxygen atoms in total. The number of hydrogen-bond donors (Lipinski definition) is 0. The summed E-state index contributed by atoms with van der Waals surface area (Å²) in [7, 11) is 0. The van der Waals surface area contributed by atoms with Crippen LogP contribution in [0.4, 0.5) is 0 Å². The third-order valence-corrected chi connectivity index (χ3v) is 0. The summed E-state index contributed by atoms with van der Waals surface area (Å²) in [6.07, 6.45) is 0. The third kappa shape index (κ3) is 19.9.